The highest BCUT2D eigenvalue weighted by Gasteiger charge is 2.41. The number of nitriles is 1. The van der Waals surface area contributed by atoms with Crippen molar-refractivity contribution in [3.63, 3.8) is 0 Å². The second-order valence-corrected chi connectivity index (χ2v) is 8.23. The molecule has 1 aliphatic heterocycles. The number of carbonyl (C=O) groups excluding carboxylic acids is 2. The second kappa shape index (κ2) is 9.52. The predicted molar refractivity (Wildman–Crippen MR) is 115 cm³/mol. The molecule has 9 heteroatoms. The lowest BCUT2D eigenvalue weighted by Crippen LogP contribution is -2.30. The standard InChI is InChI=1S/C21H15Cl2FN2O3S/c1-2-29-21(28)15(11-25)20-26(14-6-4-13(24)5-7-14)19(27)18(30-20)10-12-3-8-16(22)17(23)9-12/h3-9,18H,2,10H2,1H3/b20-15-/t18-/m0/s1. The van der Waals surface area contributed by atoms with Gasteiger partial charge in [0.15, 0.2) is 5.57 Å². The smallest absolute Gasteiger partial charge is 0.351 e. The zero-order valence-electron chi connectivity index (χ0n) is 15.7. The first-order chi connectivity index (χ1) is 14.3. The van der Waals surface area contributed by atoms with Crippen molar-refractivity contribution in [3.05, 3.63) is 74.5 Å². The molecule has 0 bridgehead atoms. The molecule has 1 aliphatic rings. The summed E-state index contributed by atoms with van der Waals surface area (Å²) in [6, 6.07) is 12.1. The number of carbonyl (C=O) groups is 2. The molecule has 0 spiro atoms. The van der Waals surface area contributed by atoms with E-state index in [9.17, 15) is 19.2 Å². The van der Waals surface area contributed by atoms with Gasteiger partial charge in [0.1, 0.15) is 16.9 Å². The van der Waals surface area contributed by atoms with Crippen LogP contribution in [0.5, 0.6) is 0 Å². The van der Waals surface area contributed by atoms with Crippen LogP contribution in [0.3, 0.4) is 0 Å². The number of anilines is 1. The minimum Gasteiger partial charge on any atom is -0.462 e. The number of rotatable bonds is 5. The Morgan fingerprint density at radius 1 is 1.23 bits per heavy atom. The van der Waals surface area contributed by atoms with E-state index in [1.807, 2.05) is 6.07 Å². The Morgan fingerprint density at radius 2 is 1.93 bits per heavy atom. The summed E-state index contributed by atoms with van der Waals surface area (Å²) >= 11 is 13.1. The van der Waals surface area contributed by atoms with Crippen molar-refractivity contribution >= 4 is 52.5 Å². The van der Waals surface area contributed by atoms with Crippen LogP contribution in [-0.2, 0) is 20.7 Å². The monoisotopic (exact) mass is 464 g/mol. The molecule has 1 amide bonds. The van der Waals surface area contributed by atoms with E-state index in [2.05, 4.69) is 0 Å². The van der Waals surface area contributed by atoms with Gasteiger partial charge in [0.25, 0.3) is 0 Å². The lowest BCUT2D eigenvalue weighted by atomic mass is 10.1. The van der Waals surface area contributed by atoms with Crippen LogP contribution in [0.2, 0.25) is 10.0 Å². The van der Waals surface area contributed by atoms with E-state index in [0.717, 1.165) is 17.3 Å². The maximum atomic E-state index is 13.4. The summed E-state index contributed by atoms with van der Waals surface area (Å²) < 4.78 is 18.4. The molecule has 0 saturated carbocycles. The number of thioether (sulfide) groups is 1. The Hall–Kier alpha value is -2.53. The van der Waals surface area contributed by atoms with Crippen molar-refractivity contribution in [1.29, 1.82) is 5.26 Å². The molecule has 0 aromatic heterocycles. The number of esters is 1. The van der Waals surface area contributed by atoms with Crippen molar-refractivity contribution < 1.29 is 18.7 Å². The molecule has 1 heterocycles. The Kier molecular flexibility index (Phi) is 7.03. The lowest BCUT2D eigenvalue weighted by Gasteiger charge is -2.18. The van der Waals surface area contributed by atoms with Crippen molar-refractivity contribution in [2.75, 3.05) is 11.5 Å². The molecule has 30 heavy (non-hydrogen) atoms. The van der Waals surface area contributed by atoms with Crippen LogP contribution in [0.1, 0.15) is 12.5 Å². The highest BCUT2D eigenvalue weighted by molar-refractivity contribution is 8.05. The van der Waals surface area contributed by atoms with Crippen molar-refractivity contribution in [3.8, 4) is 6.07 Å². The zero-order chi connectivity index (χ0) is 21.8. The summed E-state index contributed by atoms with van der Waals surface area (Å²) in [4.78, 5) is 26.8. The summed E-state index contributed by atoms with van der Waals surface area (Å²) in [5.74, 6) is -1.64. The summed E-state index contributed by atoms with van der Waals surface area (Å²) in [5.41, 5.74) is 0.832. The normalized spacial score (nSPS) is 17.6. The molecular formula is C21H15Cl2FN2O3S. The molecular weight excluding hydrogens is 450 g/mol. The third-order valence-corrected chi connectivity index (χ3v) is 6.25. The third kappa shape index (κ3) is 4.62. The number of amides is 1. The number of hydrogen-bond acceptors (Lipinski definition) is 5. The molecule has 2 aromatic carbocycles. The summed E-state index contributed by atoms with van der Waals surface area (Å²) in [6.07, 6.45) is 0.295. The van der Waals surface area contributed by atoms with Crippen LogP contribution < -0.4 is 4.90 Å². The molecule has 0 radical (unpaired) electrons. The van der Waals surface area contributed by atoms with Gasteiger partial charge < -0.3 is 4.74 Å². The number of ether oxygens (including phenoxy) is 1. The minimum atomic E-state index is -0.822. The van der Waals surface area contributed by atoms with E-state index in [1.54, 1.807) is 25.1 Å². The fourth-order valence-corrected chi connectivity index (χ4v) is 4.50. The first-order valence-electron chi connectivity index (χ1n) is 8.87. The average molecular weight is 465 g/mol. The van der Waals surface area contributed by atoms with Gasteiger partial charge in [-0.1, -0.05) is 41.0 Å². The van der Waals surface area contributed by atoms with Crippen LogP contribution in [-0.4, -0.2) is 23.7 Å². The van der Waals surface area contributed by atoms with Gasteiger partial charge in [-0.2, -0.15) is 5.26 Å². The maximum absolute atomic E-state index is 13.4. The van der Waals surface area contributed by atoms with Gasteiger partial charge in [-0.05, 0) is 55.3 Å². The van der Waals surface area contributed by atoms with Crippen molar-refractivity contribution in [2.45, 2.75) is 18.6 Å². The van der Waals surface area contributed by atoms with Gasteiger partial charge >= 0.3 is 5.97 Å². The Bertz CT molecular complexity index is 1070. The van der Waals surface area contributed by atoms with Gasteiger partial charge in [0, 0.05) is 5.69 Å². The lowest BCUT2D eigenvalue weighted by molar-refractivity contribution is -0.138. The van der Waals surface area contributed by atoms with Gasteiger partial charge in [-0.3, -0.25) is 9.69 Å². The van der Waals surface area contributed by atoms with Crippen LogP contribution in [0, 0.1) is 17.1 Å². The highest BCUT2D eigenvalue weighted by atomic mass is 35.5. The van der Waals surface area contributed by atoms with Crippen molar-refractivity contribution in [2.24, 2.45) is 0 Å². The Morgan fingerprint density at radius 3 is 2.53 bits per heavy atom. The molecule has 0 unspecified atom stereocenters. The molecule has 0 N–H and O–H groups in total. The van der Waals surface area contributed by atoms with Gasteiger partial charge in [-0.15, -0.1) is 0 Å². The van der Waals surface area contributed by atoms with E-state index in [4.69, 9.17) is 27.9 Å². The SMILES string of the molecule is CCOC(=O)/C(C#N)=C1\S[C@@H](Cc2ccc(Cl)c(Cl)c2)C(=O)N1c1ccc(F)cc1. The molecule has 1 saturated heterocycles. The molecule has 0 aliphatic carbocycles. The quantitative estimate of drug-likeness (QED) is 0.348. The van der Waals surface area contributed by atoms with Crippen LogP contribution in [0.15, 0.2) is 53.1 Å². The van der Waals surface area contributed by atoms with Gasteiger partial charge in [-0.25, -0.2) is 9.18 Å². The highest BCUT2D eigenvalue weighted by Crippen LogP contribution is 2.42. The maximum Gasteiger partial charge on any atom is 0.351 e. The topological polar surface area (TPSA) is 70.4 Å². The van der Waals surface area contributed by atoms with Gasteiger partial charge in [0.05, 0.1) is 21.9 Å². The van der Waals surface area contributed by atoms with E-state index >= 15 is 0 Å². The van der Waals surface area contributed by atoms with Gasteiger partial charge in [0.2, 0.25) is 5.91 Å². The van der Waals surface area contributed by atoms with Crippen LogP contribution in [0.25, 0.3) is 0 Å². The summed E-state index contributed by atoms with van der Waals surface area (Å²) in [5, 5.41) is 9.85. The predicted octanol–water partition coefficient (Wildman–Crippen LogP) is 5.12. The average Bonchev–Trinajstić information content (AvgIpc) is 3.02. The number of halogens is 3. The number of hydrogen-bond donors (Lipinski definition) is 0. The molecule has 1 fully saturated rings. The minimum absolute atomic E-state index is 0.0825. The number of nitrogens with zero attached hydrogens (tertiary/aromatic N) is 2. The van der Waals surface area contributed by atoms with E-state index in [-0.39, 0.29) is 23.1 Å². The Balaban J connectivity index is 2.03. The zero-order valence-corrected chi connectivity index (χ0v) is 18.0. The summed E-state index contributed by atoms with van der Waals surface area (Å²) in [6.45, 7) is 1.70. The molecule has 154 valence electrons. The largest absolute Gasteiger partial charge is 0.462 e. The van der Waals surface area contributed by atoms with E-state index < -0.39 is 17.0 Å². The number of benzene rings is 2. The Labute approximate surface area is 187 Å². The first kappa shape index (κ1) is 22.2. The third-order valence-electron chi connectivity index (χ3n) is 4.25. The van der Waals surface area contributed by atoms with E-state index in [0.29, 0.717) is 22.2 Å². The van der Waals surface area contributed by atoms with E-state index in [1.165, 1.54) is 29.2 Å². The fraction of sp³-hybridized carbons (Fsp3) is 0.190. The molecule has 3 rings (SSSR count). The first-order valence-corrected chi connectivity index (χ1v) is 10.5. The molecule has 2 aromatic rings. The molecule has 1 atom stereocenters. The van der Waals surface area contributed by atoms with Crippen LogP contribution in [0.4, 0.5) is 10.1 Å². The summed E-state index contributed by atoms with van der Waals surface area (Å²) in [7, 11) is 0. The fourth-order valence-electron chi connectivity index (χ4n) is 2.88. The van der Waals surface area contributed by atoms with Crippen LogP contribution >= 0.6 is 35.0 Å². The molecule has 5 nitrogen and oxygen atoms in total. The second-order valence-electron chi connectivity index (χ2n) is 6.22. The van der Waals surface area contributed by atoms with Crippen molar-refractivity contribution in [1.82, 2.24) is 0 Å².